The number of alkyl halides is 3. The van der Waals surface area contributed by atoms with E-state index in [9.17, 15) is 18.0 Å². The normalized spacial score (nSPS) is 16.5. The fourth-order valence-corrected chi connectivity index (χ4v) is 3.02. The molecule has 3 rings (SSSR count). The second-order valence-electron chi connectivity index (χ2n) is 5.63. The number of hydrogen-bond donors (Lipinski definition) is 0. The lowest BCUT2D eigenvalue weighted by Crippen LogP contribution is -2.24. The third kappa shape index (κ3) is 2.88. The molecule has 1 aromatic carbocycles. The molecule has 0 aliphatic carbocycles. The lowest BCUT2D eigenvalue weighted by molar-refractivity contribution is -0.0884. The van der Waals surface area contributed by atoms with Gasteiger partial charge in [-0.2, -0.15) is 13.2 Å². The molecule has 6 heteroatoms. The molecule has 1 saturated heterocycles. The Kier molecular flexibility index (Phi) is 3.95. The largest absolute Gasteiger partial charge is 0.454 e. The van der Waals surface area contributed by atoms with Gasteiger partial charge in [-0.1, -0.05) is 18.2 Å². The maximum atomic E-state index is 12.7. The fraction of sp³-hybridized carbons (Fsp3) is 0.438. The van der Waals surface area contributed by atoms with E-state index < -0.39 is 12.0 Å². The van der Waals surface area contributed by atoms with Crippen LogP contribution in [0.25, 0.3) is 10.9 Å². The zero-order valence-corrected chi connectivity index (χ0v) is 12.1. The second kappa shape index (κ2) is 5.76. The Bertz CT molecular complexity index is 684. The zero-order valence-electron chi connectivity index (χ0n) is 12.1. The molecular formula is C16H17F3N2O. The second-order valence-corrected chi connectivity index (χ2v) is 5.63. The summed E-state index contributed by atoms with van der Waals surface area (Å²) in [6, 6.07) is 6.75. The molecule has 0 N–H and O–H groups in total. The minimum Gasteiger partial charge on any atom is -0.345 e. The van der Waals surface area contributed by atoms with E-state index in [1.165, 1.54) is 19.0 Å². The van der Waals surface area contributed by atoms with E-state index in [1.807, 2.05) is 0 Å². The van der Waals surface area contributed by atoms with Crippen molar-refractivity contribution in [3.63, 3.8) is 0 Å². The highest BCUT2D eigenvalue weighted by atomic mass is 19.4. The van der Waals surface area contributed by atoms with Crippen LogP contribution in [0.4, 0.5) is 13.2 Å². The van der Waals surface area contributed by atoms with E-state index in [4.69, 9.17) is 0 Å². The van der Waals surface area contributed by atoms with Crippen molar-refractivity contribution < 1.29 is 18.0 Å². The van der Waals surface area contributed by atoms with Crippen molar-refractivity contribution in [2.24, 2.45) is 0 Å². The fourth-order valence-electron chi connectivity index (χ4n) is 3.02. The topological polar surface area (TPSA) is 25.2 Å². The molecular weight excluding hydrogens is 293 g/mol. The number of ketones is 1. The van der Waals surface area contributed by atoms with Crippen molar-refractivity contribution in [3.05, 3.63) is 36.0 Å². The molecule has 0 radical (unpaired) electrons. The van der Waals surface area contributed by atoms with Gasteiger partial charge in [0.05, 0.1) is 5.56 Å². The highest BCUT2D eigenvalue weighted by molar-refractivity contribution is 6.10. The van der Waals surface area contributed by atoms with Crippen LogP contribution in [-0.2, 0) is 6.54 Å². The lowest BCUT2D eigenvalue weighted by Gasteiger charge is -2.15. The standard InChI is InChI=1S/C16H17F3N2O/c17-16(18,19)15(22)13-11-21(10-9-20-7-3-4-8-20)14-6-2-1-5-12(13)14/h1-2,5-6,11H,3-4,7-10H2. The predicted octanol–water partition coefficient (Wildman–Crippen LogP) is 3.48. The third-order valence-corrected chi connectivity index (χ3v) is 4.15. The van der Waals surface area contributed by atoms with Gasteiger partial charge in [0, 0.05) is 30.2 Å². The van der Waals surface area contributed by atoms with Gasteiger partial charge in [-0.15, -0.1) is 0 Å². The van der Waals surface area contributed by atoms with Crippen LogP contribution in [-0.4, -0.2) is 41.1 Å². The summed E-state index contributed by atoms with van der Waals surface area (Å²) in [6.07, 6.45) is -1.16. The van der Waals surface area contributed by atoms with Crippen LogP contribution in [0.15, 0.2) is 30.5 Å². The van der Waals surface area contributed by atoms with Gasteiger partial charge in [-0.25, -0.2) is 0 Å². The van der Waals surface area contributed by atoms with Gasteiger partial charge in [0.15, 0.2) is 0 Å². The number of benzene rings is 1. The number of para-hydroxylation sites is 1. The molecule has 1 fully saturated rings. The molecule has 22 heavy (non-hydrogen) atoms. The molecule has 2 aromatic rings. The summed E-state index contributed by atoms with van der Waals surface area (Å²) in [4.78, 5) is 13.9. The highest BCUT2D eigenvalue weighted by Gasteiger charge is 2.40. The number of nitrogens with zero attached hydrogens (tertiary/aromatic N) is 2. The molecule has 3 nitrogen and oxygen atoms in total. The minimum atomic E-state index is -4.84. The maximum absolute atomic E-state index is 12.7. The maximum Gasteiger partial charge on any atom is 0.454 e. The van der Waals surface area contributed by atoms with Crippen molar-refractivity contribution in [1.29, 1.82) is 0 Å². The number of hydrogen-bond acceptors (Lipinski definition) is 2. The minimum absolute atomic E-state index is 0.260. The first-order valence-electron chi connectivity index (χ1n) is 7.38. The van der Waals surface area contributed by atoms with Gasteiger partial charge in [0.1, 0.15) is 0 Å². The Balaban J connectivity index is 1.91. The van der Waals surface area contributed by atoms with Crippen LogP contribution < -0.4 is 0 Å². The van der Waals surface area contributed by atoms with Gasteiger partial charge in [0.2, 0.25) is 0 Å². The van der Waals surface area contributed by atoms with E-state index in [0.29, 0.717) is 17.4 Å². The first-order valence-corrected chi connectivity index (χ1v) is 7.38. The van der Waals surface area contributed by atoms with Gasteiger partial charge in [0.25, 0.3) is 5.78 Å². The molecule has 0 bridgehead atoms. The van der Waals surface area contributed by atoms with Crippen molar-refractivity contribution in [2.75, 3.05) is 19.6 Å². The summed E-state index contributed by atoms with van der Waals surface area (Å²) in [5.41, 5.74) is 0.416. The van der Waals surface area contributed by atoms with Crippen LogP contribution in [0.3, 0.4) is 0 Å². The summed E-state index contributed by atoms with van der Waals surface area (Å²) >= 11 is 0. The average Bonchev–Trinajstić information content (AvgIpc) is 3.11. The predicted molar refractivity (Wildman–Crippen MR) is 78.0 cm³/mol. The summed E-state index contributed by atoms with van der Waals surface area (Å²) in [6.45, 7) is 3.45. The van der Waals surface area contributed by atoms with E-state index in [-0.39, 0.29) is 5.56 Å². The first-order chi connectivity index (χ1) is 10.5. The molecule has 1 aromatic heterocycles. The van der Waals surface area contributed by atoms with E-state index in [1.54, 1.807) is 28.8 Å². The number of carbonyl (C=O) groups excluding carboxylic acids is 1. The first kappa shape index (κ1) is 15.1. The number of likely N-dealkylation sites (tertiary alicyclic amines) is 1. The van der Waals surface area contributed by atoms with E-state index in [0.717, 1.165) is 19.6 Å². The van der Waals surface area contributed by atoms with E-state index in [2.05, 4.69) is 4.90 Å². The summed E-state index contributed by atoms with van der Waals surface area (Å²) in [7, 11) is 0. The number of carbonyl (C=O) groups is 1. The van der Waals surface area contributed by atoms with Crippen LogP contribution in [0.1, 0.15) is 23.2 Å². The third-order valence-electron chi connectivity index (χ3n) is 4.15. The smallest absolute Gasteiger partial charge is 0.345 e. The SMILES string of the molecule is O=C(c1cn(CCN2CCCC2)c2ccccc12)C(F)(F)F. The Morgan fingerprint density at radius 2 is 1.77 bits per heavy atom. The van der Waals surface area contributed by atoms with Gasteiger partial charge < -0.3 is 9.47 Å². The Morgan fingerprint density at radius 1 is 1.09 bits per heavy atom. The number of fused-ring (bicyclic) bond motifs is 1. The quantitative estimate of drug-likeness (QED) is 0.808. The molecule has 0 atom stereocenters. The number of rotatable bonds is 4. The van der Waals surface area contributed by atoms with Crippen LogP contribution >= 0.6 is 0 Å². The van der Waals surface area contributed by atoms with Crippen LogP contribution in [0.2, 0.25) is 0 Å². The van der Waals surface area contributed by atoms with Crippen molar-refractivity contribution >= 4 is 16.7 Å². The van der Waals surface area contributed by atoms with Gasteiger partial charge in [-0.3, -0.25) is 4.79 Å². The van der Waals surface area contributed by atoms with E-state index >= 15 is 0 Å². The van der Waals surface area contributed by atoms with Crippen molar-refractivity contribution in [3.8, 4) is 0 Å². The lowest BCUT2D eigenvalue weighted by atomic mass is 10.1. The molecule has 0 saturated carbocycles. The molecule has 0 amide bonds. The molecule has 118 valence electrons. The summed E-state index contributed by atoms with van der Waals surface area (Å²) in [5, 5.41) is 0.367. The Morgan fingerprint density at radius 3 is 2.45 bits per heavy atom. The van der Waals surface area contributed by atoms with Gasteiger partial charge >= 0.3 is 6.18 Å². The zero-order chi connectivity index (χ0) is 15.7. The molecule has 0 unspecified atom stereocenters. The monoisotopic (exact) mass is 310 g/mol. The van der Waals surface area contributed by atoms with Crippen LogP contribution in [0, 0.1) is 0 Å². The van der Waals surface area contributed by atoms with Crippen LogP contribution in [0.5, 0.6) is 0 Å². The summed E-state index contributed by atoms with van der Waals surface area (Å²) < 4.78 is 40.0. The molecule has 2 heterocycles. The summed E-state index contributed by atoms with van der Waals surface area (Å²) in [5.74, 6) is -1.77. The Labute approximate surface area is 126 Å². The van der Waals surface area contributed by atoms with Crippen molar-refractivity contribution in [2.45, 2.75) is 25.6 Å². The van der Waals surface area contributed by atoms with Crippen molar-refractivity contribution in [1.82, 2.24) is 9.47 Å². The Hall–Kier alpha value is -1.82. The number of Topliss-reactive ketones (excluding diaryl/α,β-unsaturated/α-hetero) is 1. The average molecular weight is 310 g/mol. The molecule has 0 spiro atoms. The van der Waals surface area contributed by atoms with Gasteiger partial charge in [-0.05, 0) is 32.0 Å². The molecule has 1 aliphatic heterocycles. The molecule has 1 aliphatic rings. The number of aromatic nitrogens is 1. The number of halogens is 3. The highest BCUT2D eigenvalue weighted by Crippen LogP contribution is 2.28.